The molecule has 0 aromatic rings. The smallest absolute Gasteiger partial charge is 0.0209 e. The van der Waals surface area contributed by atoms with Gasteiger partial charge in [-0.3, -0.25) is 0 Å². The van der Waals surface area contributed by atoms with Crippen LogP contribution in [0, 0.1) is 11.8 Å². The van der Waals surface area contributed by atoms with Crippen molar-refractivity contribution in [3.63, 3.8) is 0 Å². The van der Waals surface area contributed by atoms with Crippen molar-refractivity contribution >= 4 is 0 Å². The quantitative estimate of drug-likeness (QED) is 0.515. The zero-order chi connectivity index (χ0) is 9.56. The van der Waals surface area contributed by atoms with Gasteiger partial charge < -0.3 is 0 Å². The van der Waals surface area contributed by atoms with E-state index in [4.69, 9.17) is 0 Å². The van der Waals surface area contributed by atoms with Gasteiger partial charge in [-0.1, -0.05) is 58.6 Å². The third-order valence-electron chi connectivity index (χ3n) is 2.80. The molecule has 1 atom stereocenters. The Balaban J connectivity index is 3.98. The first-order valence-corrected chi connectivity index (χ1v) is 5.28. The van der Waals surface area contributed by atoms with Gasteiger partial charge >= 0.3 is 0 Å². The highest BCUT2D eigenvalue weighted by Gasteiger charge is 2.15. The Kier molecular flexibility index (Phi) is 6.14. The number of hydrogen-bond acceptors (Lipinski definition) is 0. The van der Waals surface area contributed by atoms with Crippen LogP contribution in [0.25, 0.3) is 0 Å². The predicted octanol–water partition coefficient (Wildman–Crippen LogP) is 4.42. The van der Waals surface area contributed by atoms with Crippen LogP contribution in [0.5, 0.6) is 0 Å². The summed E-state index contributed by atoms with van der Waals surface area (Å²) in [5, 5.41) is 0. The van der Waals surface area contributed by atoms with Crippen LogP contribution in [0.2, 0.25) is 0 Å². The average Bonchev–Trinajstić information content (AvgIpc) is 2.03. The summed E-state index contributed by atoms with van der Waals surface area (Å²) in [5.74, 6) is 1.59. The Bertz CT molecular complexity index is 118. The van der Waals surface area contributed by atoms with Gasteiger partial charge in [0.15, 0.2) is 0 Å². The second kappa shape index (κ2) is 6.28. The van der Waals surface area contributed by atoms with Crippen LogP contribution in [0.1, 0.15) is 53.4 Å². The van der Waals surface area contributed by atoms with E-state index >= 15 is 0 Å². The van der Waals surface area contributed by atoms with Crippen molar-refractivity contribution in [2.24, 2.45) is 11.8 Å². The van der Waals surface area contributed by atoms with Crippen LogP contribution >= 0.6 is 0 Å². The number of hydrogen-bond donors (Lipinski definition) is 0. The second-order valence-corrected chi connectivity index (χ2v) is 3.97. The molecular formula is C12H24. The van der Waals surface area contributed by atoms with Gasteiger partial charge in [0, 0.05) is 0 Å². The molecule has 0 amide bonds. The second-order valence-electron chi connectivity index (χ2n) is 3.97. The standard InChI is InChI=1S/C12H24/c1-6-8-12(9-7-2)11(5)10(3)4/h11-12H,3,6-9H2,1-2,4-5H3. The largest absolute Gasteiger partial charge is 0.0999 e. The molecule has 0 saturated heterocycles. The fourth-order valence-corrected chi connectivity index (χ4v) is 1.79. The Morgan fingerprint density at radius 2 is 1.58 bits per heavy atom. The van der Waals surface area contributed by atoms with Gasteiger partial charge in [-0.2, -0.15) is 0 Å². The van der Waals surface area contributed by atoms with Crippen molar-refractivity contribution in [3.8, 4) is 0 Å². The van der Waals surface area contributed by atoms with E-state index in [1.165, 1.54) is 31.3 Å². The normalized spacial score (nSPS) is 13.4. The molecule has 0 bridgehead atoms. The van der Waals surface area contributed by atoms with E-state index < -0.39 is 0 Å². The number of rotatable bonds is 6. The lowest BCUT2D eigenvalue weighted by atomic mass is 9.83. The molecule has 0 nitrogen and oxygen atoms in total. The molecule has 0 aromatic carbocycles. The predicted molar refractivity (Wildman–Crippen MR) is 57.3 cm³/mol. The van der Waals surface area contributed by atoms with Crippen molar-refractivity contribution in [2.45, 2.75) is 53.4 Å². The summed E-state index contributed by atoms with van der Waals surface area (Å²) < 4.78 is 0. The summed E-state index contributed by atoms with van der Waals surface area (Å²) in [7, 11) is 0. The summed E-state index contributed by atoms with van der Waals surface area (Å²) in [5.41, 5.74) is 1.35. The molecule has 0 spiro atoms. The average molecular weight is 168 g/mol. The fourth-order valence-electron chi connectivity index (χ4n) is 1.79. The van der Waals surface area contributed by atoms with Gasteiger partial charge in [-0.05, 0) is 18.8 Å². The Hall–Kier alpha value is -0.260. The van der Waals surface area contributed by atoms with Crippen molar-refractivity contribution in [2.75, 3.05) is 0 Å². The molecule has 1 unspecified atom stereocenters. The molecule has 0 N–H and O–H groups in total. The Morgan fingerprint density at radius 1 is 1.17 bits per heavy atom. The maximum Gasteiger partial charge on any atom is -0.0209 e. The highest BCUT2D eigenvalue weighted by molar-refractivity contribution is 4.96. The summed E-state index contributed by atoms with van der Waals surface area (Å²) in [6, 6.07) is 0. The number of allylic oxidation sites excluding steroid dienone is 1. The van der Waals surface area contributed by atoms with Gasteiger partial charge in [-0.25, -0.2) is 0 Å². The molecule has 0 aliphatic carbocycles. The molecular weight excluding hydrogens is 144 g/mol. The molecule has 0 heterocycles. The third-order valence-corrected chi connectivity index (χ3v) is 2.80. The molecule has 0 saturated carbocycles. The summed E-state index contributed by atoms with van der Waals surface area (Å²) in [6.07, 6.45) is 5.34. The third kappa shape index (κ3) is 3.94. The van der Waals surface area contributed by atoms with Crippen LogP contribution < -0.4 is 0 Å². The van der Waals surface area contributed by atoms with E-state index in [1.54, 1.807) is 0 Å². The van der Waals surface area contributed by atoms with Crippen LogP contribution in [0.4, 0.5) is 0 Å². The van der Waals surface area contributed by atoms with Crippen LogP contribution in [-0.2, 0) is 0 Å². The lowest BCUT2D eigenvalue weighted by Crippen LogP contribution is -2.12. The van der Waals surface area contributed by atoms with Crippen molar-refractivity contribution < 1.29 is 0 Å². The highest BCUT2D eigenvalue weighted by atomic mass is 14.2. The molecule has 0 aliphatic heterocycles. The minimum atomic E-state index is 0.713. The van der Waals surface area contributed by atoms with Gasteiger partial charge in [0.1, 0.15) is 0 Å². The van der Waals surface area contributed by atoms with E-state index in [1.807, 2.05) is 0 Å². The Morgan fingerprint density at radius 3 is 1.83 bits per heavy atom. The zero-order valence-corrected chi connectivity index (χ0v) is 9.19. The fraction of sp³-hybridized carbons (Fsp3) is 0.833. The topological polar surface area (TPSA) is 0 Å². The van der Waals surface area contributed by atoms with E-state index in [0.29, 0.717) is 5.92 Å². The zero-order valence-electron chi connectivity index (χ0n) is 9.19. The van der Waals surface area contributed by atoms with Crippen LogP contribution in [0.3, 0.4) is 0 Å². The molecule has 0 aromatic heterocycles. The van der Waals surface area contributed by atoms with E-state index in [2.05, 4.69) is 34.3 Å². The summed E-state index contributed by atoms with van der Waals surface area (Å²) in [4.78, 5) is 0. The molecule has 0 rings (SSSR count). The molecule has 0 fully saturated rings. The van der Waals surface area contributed by atoms with Crippen LogP contribution in [-0.4, -0.2) is 0 Å². The van der Waals surface area contributed by atoms with E-state index in [-0.39, 0.29) is 0 Å². The lowest BCUT2D eigenvalue weighted by Gasteiger charge is -2.23. The van der Waals surface area contributed by atoms with Gasteiger partial charge in [0.05, 0.1) is 0 Å². The lowest BCUT2D eigenvalue weighted by molar-refractivity contribution is 0.346. The molecule has 12 heavy (non-hydrogen) atoms. The van der Waals surface area contributed by atoms with Gasteiger partial charge in [0.2, 0.25) is 0 Å². The maximum absolute atomic E-state index is 4.04. The SMILES string of the molecule is C=C(C)C(C)C(CCC)CCC. The van der Waals surface area contributed by atoms with Crippen molar-refractivity contribution in [3.05, 3.63) is 12.2 Å². The van der Waals surface area contributed by atoms with E-state index in [0.717, 1.165) is 5.92 Å². The minimum Gasteiger partial charge on any atom is -0.0999 e. The monoisotopic (exact) mass is 168 g/mol. The first-order valence-electron chi connectivity index (χ1n) is 5.28. The van der Waals surface area contributed by atoms with Gasteiger partial charge in [-0.15, -0.1) is 0 Å². The summed E-state index contributed by atoms with van der Waals surface area (Å²) >= 11 is 0. The van der Waals surface area contributed by atoms with Crippen molar-refractivity contribution in [1.82, 2.24) is 0 Å². The molecule has 72 valence electrons. The molecule has 0 aliphatic rings. The molecule has 0 radical (unpaired) electrons. The first-order chi connectivity index (χ1) is 5.63. The maximum atomic E-state index is 4.04. The Labute approximate surface area is 78.1 Å². The van der Waals surface area contributed by atoms with E-state index in [9.17, 15) is 0 Å². The first kappa shape index (κ1) is 11.7. The summed E-state index contributed by atoms with van der Waals surface area (Å²) in [6.45, 7) is 13.1. The van der Waals surface area contributed by atoms with Crippen LogP contribution in [0.15, 0.2) is 12.2 Å². The van der Waals surface area contributed by atoms with Gasteiger partial charge in [0.25, 0.3) is 0 Å². The minimum absolute atomic E-state index is 0.713. The molecule has 0 heteroatoms. The van der Waals surface area contributed by atoms with Crippen molar-refractivity contribution in [1.29, 1.82) is 0 Å². The highest BCUT2D eigenvalue weighted by Crippen LogP contribution is 2.27.